The van der Waals surface area contributed by atoms with Crippen LogP contribution in [0.15, 0.2) is 66.9 Å². The van der Waals surface area contributed by atoms with E-state index in [4.69, 9.17) is 14.2 Å². The molecular weight excluding hydrogens is 688 g/mol. The standard InChI is InChI=1S/C41H54N6O7/c1-4-41(14-17-46(18-15-41)38(49)29-54-22-21-53-20-19-52-3)40(51)47(27-32-10-6-5-9-31(32)26-42-2)28-37(48)44-35-13-12-30-23-34(24-33(30)25-35)39(50)45-36-11-7-8-16-43-36/h5-13,16,25,34,42H,4,14-15,17-24,26-29H2,1-3H3,(H,44,48)(H,43,45,50)/t34-/m1/s1. The van der Waals surface area contributed by atoms with Gasteiger partial charge >= 0.3 is 0 Å². The molecule has 290 valence electrons. The fourth-order valence-electron chi connectivity index (χ4n) is 7.25. The lowest BCUT2D eigenvalue weighted by Gasteiger charge is -2.43. The van der Waals surface area contributed by atoms with Gasteiger partial charge in [0.05, 0.1) is 31.8 Å². The highest BCUT2D eigenvalue weighted by Crippen LogP contribution is 2.38. The van der Waals surface area contributed by atoms with Crippen LogP contribution >= 0.6 is 0 Å². The first-order valence-corrected chi connectivity index (χ1v) is 18.8. The molecule has 54 heavy (non-hydrogen) atoms. The molecule has 1 aromatic heterocycles. The minimum absolute atomic E-state index is 0.0447. The Morgan fingerprint density at radius 2 is 1.61 bits per heavy atom. The zero-order valence-electron chi connectivity index (χ0n) is 31.7. The molecule has 13 heteroatoms. The molecule has 2 aliphatic rings. The van der Waals surface area contributed by atoms with Crippen LogP contribution in [0.25, 0.3) is 0 Å². The Bertz CT molecular complexity index is 1710. The lowest BCUT2D eigenvalue weighted by Crippen LogP contribution is -2.52. The van der Waals surface area contributed by atoms with Gasteiger partial charge in [0.2, 0.25) is 23.6 Å². The van der Waals surface area contributed by atoms with Gasteiger partial charge in [-0.15, -0.1) is 0 Å². The molecule has 0 saturated carbocycles. The Labute approximate surface area is 318 Å². The van der Waals surface area contributed by atoms with Crippen LogP contribution in [0.5, 0.6) is 0 Å². The van der Waals surface area contributed by atoms with Crippen molar-refractivity contribution in [2.24, 2.45) is 11.3 Å². The van der Waals surface area contributed by atoms with E-state index in [-0.39, 0.29) is 49.2 Å². The smallest absolute Gasteiger partial charge is 0.248 e. The van der Waals surface area contributed by atoms with E-state index in [0.29, 0.717) is 89.7 Å². The topological polar surface area (TPSA) is 151 Å². The minimum Gasteiger partial charge on any atom is -0.382 e. The van der Waals surface area contributed by atoms with Crippen molar-refractivity contribution in [2.75, 3.05) is 77.5 Å². The van der Waals surface area contributed by atoms with Gasteiger partial charge in [-0.1, -0.05) is 43.3 Å². The summed E-state index contributed by atoms with van der Waals surface area (Å²) in [6.07, 6.45) is 4.36. The number of aromatic nitrogens is 1. The van der Waals surface area contributed by atoms with E-state index in [1.54, 1.807) is 35.2 Å². The number of benzene rings is 2. The number of nitrogens with zero attached hydrogens (tertiary/aromatic N) is 3. The molecule has 1 atom stereocenters. The molecule has 1 saturated heterocycles. The highest BCUT2D eigenvalue weighted by atomic mass is 16.5. The molecule has 5 rings (SSSR count). The third-order valence-electron chi connectivity index (χ3n) is 10.4. The molecule has 2 heterocycles. The van der Waals surface area contributed by atoms with E-state index < -0.39 is 5.41 Å². The summed E-state index contributed by atoms with van der Waals surface area (Å²) in [5.74, 6) is -0.314. The number of rotatable bonds is 19. The third kappa shape index (κ3) is 10.9. The monoisotopic (exact) mass is 742 g/mol. The number of methoxy groups -OCH3 is 1. The number of hydrogen-bond donors (Lipinski definition) is 3. The first kappa shape index (κ1) is 40.5. The number of fused-ring (bicyclic) bond motifs is 1. The number of hydrogen-bond acceptors (Lipinski definition) is 9. The first-order chi connectivity index (χ1) is 26.2. The number of anilines is 2. The van der Waals surface area contributed by atoms with E-state index in [2.05, 4.69) is 20.9 Å². The van der Waals surface area contributed by atoms with Crippen LogP contribution in [0.2, 0.25) is 0 Å². The van der Waals surface area contributed by atoms with Crippen LogP contribution in [-0.2, 0) is 59.3 Å². The van der Waals surface area contributed by atoms with Crippen molar-refractivity contribution in [3.8, 4) is 0 Å². The van der Waals surface area contributed by atoms with Gasteiger partial charge in [0.1, 0.15) is 19.0 Å². The molecule has 0 radical (unpaired) electrons. The molecule has 2 aromatic carbocycles. The van der Waals surface area contributed by atoms with Crippen molar-refractivity contribution >= 4 is 35.1 Å². The summed E-state index contributed by atoms with van der Waals surface area (Å²) in [5, 5.41) is 9.12. The number of carbonyl (C=O) groups excluding carboxylic acids is 4. The molecule has 0 bridgehead atoms. The van der Waals surface area contributed by atoms with Crippen LogP contribution in [0, 0.1) is 11.3 Å². The highest BCUT2D eigenvalue weighted by Gasteiger charge is 2.43. The van der Waals surface area contributed by atoms with Gasteiger partial charge in [0, 0.05) is 51.1 Å². The Morgan fingerprint density at radius 1 is 0.889 bits per heavy atom. The first-order valence-electron chi connectivity index (χ1n) is 18.8. The van der Waals surface area contributed by atoms with Crippen LogP contribution in [0.4, 0.5) is 11.5 Å². The number of ether oxygens (including phenoxy) is 3. The summed E-state index contributed by atoms with van der Waals surface area (Å²) in [4.78, 5) is 61.9. The van der Waals surface area contributed by atoms with E-state index in [1.165, 1.54) is 0 Å². The summed E-state index contributed by atoms with van der Waals surface area (Å²) >= 11 is 0. The van der Waals surface area contributed by atoms with E-state index in [9.17, 15) is 19.2 Å². The summed E-state index contributed by atoms with van der Waals surface area (Å²) < 4.78 is 15.9. The molecule has 3 N–H and O–H groups in total. The number of amides is 4. The van der Waals surface area contributed by atoms with Gasteiger partial charge in [0.15, 0.2) is 0 Å². The summed E-state index contributed by atoms with van der Waals surface area (Å²) in [7, 11) is 3.49. The highest BCUT2D eigenvalue weighted by molar-refractivity contribution is 5.96. The maximum Gasteiger partial charge on any atom is 0.248 e. The molecule has 0 unspecified atom stereocenters. The molecule has 3 aromatic rings. The molecule has 13 nitrogen and oxygen atoms in total. The largest absolute Gasteiger partial charge is 0.382 e. The number of likely N-dealkylation sites (tertiary alicyclic amines) is 1. The molecule has 1 fully saturated rings. The van der Waals surface area contributed by atoms with Gasteiger partial charge in [-0.25, -0.2) is 4.98 Å². The van der Waals surface area contributed by atoms with Crippen molar-refractivity contribution in [1.82, 2.24) is 20.1 Å². The average Bonchev–Trinajstić information content (AvgIpc) is 3.62. The average molecular weight is 743 g/mol. The van der Waals surface area contributed by atoms with Crippen molar-refractivity contribution in [3.05, 3.63) is 89.1 Å². The van der Waals surface area contributed by atoms with Gasteiger partial charge in [0.25, 0.3) is 0 Å². The third-order valence-corrected chi connectivity index (χ3v) is 10.4. The van der Waals surface area contributed by atoms with Crippen LogP contribution in [0.1, 0.15) is 48.4 Å². The van der Waals surface area contributed by atoms with Gasteiger partial charge in [-0.3, -0.25) is 19.2 Å². The Balaban J connectivity index is 1.23. The minimum atomic E-state index is -0.719. The van der Waals surface area contributed by atoms with Gasteiger partial charge in [-0.05, 0) is 85.7 Å². The summed E-state index contributed by atoms with van der Waals surface area (Å²) in [5.41, 5.74) is 3.99. The number of carbonyl (C=O) groups is 4. The second-order valence-electron chi connectivity index (χ2n) is 14.0. The maximum atomic E-state index is 14.6. The summed E-state index contributed by atoms with van der Waals surface area (Å²) in [6, 6.07) is 19.0. The molecular formula is C41H54N6O7. The lowest BCUT2D eigenvalue weighted by molar-refractivity contribution is -0.151. The Morgan fingerprint density at radius 3 is 2.33 bits per heavy atom. The van der Waals surface area contributed by atoms with E-state index in [0.717, 1.165) is 22.3 Å². The Hall–Kier alpha value is -4.69. The zero-order chi connectivity index (χ0) is 38.3. The molecule has 0 spiro atoms. The second kappa shape index (κ2) is 20.1. The van der Waals surface area contributed by atoms with Crippen LogP contribution < -0.4 is 16.0 Å². The fourth-order valence-corrected chi connectivity index (χ4v) is 7.25. The van der Waals surface area contributed by atoms with Gasteiger partial charge < -0.3 is 40.0 Å². The number of nitrogens with one attached hydrogen (secondary N) is 3. The van der Waals surface area contributed by atoms with E-state index in [1.807, 2.05) is 62.5 Å². The Kier molecular flexibility index (Phi) is 15.1. The molecule has 1 aliphatic carbocycles. The molecule has 4 amide bonds. The van der Waals surface area contributed by atoms with E-state index >= 15 is 0 Å². The second-order valence-corrected chi connectivity index (χ2v) is 14.0. The van der Waals surface area contributed by atoms with Crippen LogP contribution in [-0.4, -0.2) is 105 Å². The number of pyridine rings is 1. The predicted molar refractivity (Wildman–Crippen MR) is 206 cm³/mol. The SMILES string of the molecule is CCC1(C(=O)N(CC(=O)Nc2ccc3c(c2)C[C@H](C(=O)Nc2ccccn2)C3)Cc2ccccc2CNC)CCN(C(=O)COCCOCCOC)CC1. The maximum absolute atomic E-state index is 14.6. The normalized spacial score (nSPS) is 16.1. The zero-order valence-corrected chi connectivity index (χ0v) is 31.7. The predicted octanol–water partition coefficient (Wildman–Crippen LogP) is 3.82. The quantitative estimate of drug-likeness (QED) is 0.156. The van der Waals surface area contributed by atoms with Crippen molar-refractivity contribution in [3.63, 3.8) is 0 Å². The fraction of sp³-hybridized carbons (Fsp3) is 0.488. The molecule has 1 aliphatic heterocycles. The lowest BCUT2D eigenvalue weighted by atomic mass is 9.74. The van der Waals surface area contributed by atoms with Crippen molar-refractivity contribution in [2.45, 2.75) is 52.1 Å². The summed E-state index contributed by atoms with van der Waals surface area (Å²) in [6.45, 7) is 5.23. The van der Waals surface area contributed by atoms with Gasteiger partial charge in [-0.2, -0.15) is 0 Å². The van der Waals surface area contributed by atoms with Crippen LogP contribution in [0.3, 0.4) is 0 Å². The number of piperidine rings is 1. The van der Waals surface area contributed by atoms with Crippen molar-refractivity contribution < 1.29 is 33.4 Å². The van der Waals surface area contributed by atoms with Crippen molar-refractivity contribution in [1.29, 1.82) is 0 Å².